The summed E-state index contributed by atoms with van der Waals surface area (Å²) in [6.07, 6.45) is -0.164. The minimum Gasteiger partial charge on any atom is -0.488 e. The number of halogens is 1. The Morgan fingerprint density at radius 3 is 2.10 bits per heavy atom. The Hall–Kier alpha value is -1.87. The van der Waals surface area contributed by atoms with E-state index in [0.717, 1.165) is 5.56 Å². The Kier molecular flexibility index (Phi) is 4.74. The van der Waals surface area contributed by atoms with Crippen LogP contribution in [-0.4, -0.2) is 6.10 Å². The van der Waals surface area contributed by atoms with Crippen LogP contribution in [0.5, 0.6) is 5.75 Å². The second-order valence-electron chi connectivity index (χ2n) is 5.22. The highest BCUT2D eigenvalue weighted by atomic mass is 19.1. The van der Waals surface area contributed by atoms with Gasteiger partial charge in [0.15, 0.2) is 0 Å². The molecule has 0 saturated heterocycles. The minimum atomic E-state index is -0.272. The van der Waals surface area contributed by atoms with Gasteiger partial charge in [0.05, 0.1) is 6.04 Å². The molecule has 0 bridgehead atoms. The largest absolute Gasteiger partial charge is 0.488 e. The highest BCUT2D eigenvalue weighted by molar-refractivity contribution is 5.24. The molecular weight excluding hydrogens is 253 g/mol. The Balaban J connectivity index is 2.17. The lowest BCUT2D eigenvalue weighted by Crippen LogP contribution is -2.35. The van der Waals surface area contributed by atoms with Crippen molar-refractivity contribution >= 4 is 0 Å². The van der Waals surface area contributed by atoms with E-state index < -0.39 is 0 Å². The lowest BCUT2D eigenvalue weighted by molar-refractivity contribution is 0.123. The van der Waals surface area contributed by atoms with E-state index in [0.29, 0.717) is 5.75 Å². The van der Waals surface area contributed by atoms with Gasteiger partial charge in [-0.15, -0.1) is 0 Å². The molecule has 0 aliphatic heterocycles. The molecule has 0 amide bonds. The average molecular weight is 273 g/mol. The number of hydrogen-bond acceptors (Lipinski definition) is 2. The van der Waals surface area contributed by atoms with Crippen LogP contribution >= 0.6 is 0 Å². The third kappa shape index (κ3) is 3.58. The van der Waals surface area contributed by atoms with Crippen LogP contribution in [0, 0.1) is 11.7 Å². The van der Waals surface area contributed by atoms with E-state index in [4.69, 9.17) is 10.5 Å². The summed E-state index contributed by atoms with van der Waals surface area (Å²) in [7, 11) is 0. The van der Waals surface area contributed by atoms with Gasteiger partial charge in [-0.05, 0) is 35.7 Å². The van der Waals surface area contributed by atoms with Crippen molar-refractivity contribution in [1.29, 1.82) is 0 Å². The number of benzene rings is 2. The van der Waals surface area contributed by atoms with Crippen LogP contribution in [0.2, 0.25) is 0 Å². The Labute approximate surface area is 119 Å². The van der Waals surface area contributed by atoms with Crippen LogP contribution in [0.4, 0.5) is 4.39 Å². The fourth-order valence-electron chi connectivity index (χ4n) is 2.16. The predicted octanol–water partition coefficient (Wildman–Crippen LogP) is 3.93. The van der Waals surface area contributed by atoms with Gasteiger partial charge in [0.25, 0.3) is 0 Å². The molecule has 2 atom stereocenters. The number of nitrogens with two attached hydrogens (primary N) is 1. The number of rotatable bonds is 5. The molecule has 2 N–H and O–H groups in total. The molecule has 0 saturated carbocycles. The predicted molar refractivity (Wildman–Crippen MR) is 79.0 cm³/mol. The van der Waals surface area contributed by atoms with E-state index in [1.165, 1.54) is 12.1 Å². The molecule has 2 rings (SSSR count). The van der Waals surface area contributed by atoms with E-state index >= 15 is 0 Å². The SMILES string of the molecule is CC(C)C(Oc1ccc(F)cc1)C(N)c1ccccc1. The van der Waals surface area contributed by atoms with Crippen LogP contribution in [0.1, 0.15) is 25.5 Å². The third-order valence-electron chi connectivity index (χ3n) is 3.28. The highest BCUT2D eigenvalue weighted by Crippen LogP contribution is 2.25. The average Bonchev–Trinajstić information content (AvgIpc) is 2.46. The maximum absolute atomic E-state index is 12.9. The van der Waals surface area contributed by atoms with E-state index in [-0.39, 0.29) is 23.9 Å². The summed E-state index contributed by atoms with van der Waals surface area (Å²) < 4.78 is 18.9. The normalized spacial score (nSPS) is 14.1. The van der Waals surface area contributed by atoms with Gasteiger partial charge in [0, 0.05) is 0 Å². The standard InChI is InChI=1S/C17H20FNO/c1-12(2)17(16(19)13-6-4-3-5-7-13)20-15-10-8-14(18)9-11-15/h3-12,16-17H,19H2,1-2H3. The van der Waals surface area contributed by atoms with E-state index in [1.807, 2.05) is 30.3 Å². The summed E-state index contributed by atoms with van der Waals surface area (Å²) in [5, 5.41) is 0. The molecule has 0 fully saturated rings. The Morgan fingerprint density at radius 2 is 1.55 bits per heavy atom. The summed E-state index contributed by atoms with van der Waals surface area (Å²) in [5.41, 5.74) is 7.35. The topological polar surface area (TPSA) is 35.2 Å². The molecule has 3 heteroatoms. The van der Waals surface area contributed by atoms with Crippen molar-refractivity contribution in [3.8, 4) is 5.75 Å². The second kappa shape index (κ2) is 6.53. The molecule has 2 unspecified atom stereocenters. The smallest absolute Gasteiger partial charge is 0.123 e. The lowest BCUT2D eigenvalue weighted by atomic mass is 9.94. The van der Waals surface area contributed by atoms with Crippen LogP contribution < -0.4 is 10.5 Å². The van der Waals surface area contributed by atoms with Gasteiger partial charge in [0.1, 0.15) is 17.7 Å². The Morgan fingerprint density at radius 1 is 0.950 bits per heavy atom. The molecule has 0 aliphatic carbocycles. The van der Waals surface area contributed by atoms with Crippen molar-refractivity contribution in [2.24, 2.45) is 11.7 Å². The quantitative estimate of drug-likeness (QED) is 0.896. The number of ether oxygens (including phenoxy) is 1. The fourth-order valence-corrected chi connectivity index (χ4v) is 2.16. The first-order valence-corrected chi connectivity index (χ1v) is 6.80. The van der Waals surface area contributed by atoms with Crippen molar-refractivity contribution in [1.82, 2.24) is 0 Å². The van der Waals surface area contributed by atoms with Gasteiger partial charge in [0.2, 0.25) is 0 Å². The summed E-state index contributed by atoms with van der Waals surface area (Å²) >= 11 is 0. The molecule has 0 spiro atoms. The first-order valence-electron chi connectivity index (χ1n) is 6.80. The summed E-state index contributed by atoms with van der Waals surface area (Å²) in [6.45, 7) is 4.13. The molecule has 106 valence electrons. The molecule has 0 heterocycles. The summed E-state index contributed by atoms with van der Waals surface area (Å²) in [4.78, 5) is 0. The number of hydrogen-bond donors (Lipinski definition) is 1. The van der Waals surface area contributed by atoms with Gasteiger partial charge in [-0.2, -0.15) is 0 Å². The van der Waals surface area contributed by atoms with E-state index in [2.05, 4.69) is 13.8 Å². The van der Waals surface area contributed by atoms with Crippen LogP contribution in [-0.2, 0) is 0 Å². The van der Waals surface area contributed by atoms with Crippen molar-refractivity contribution < 1.29 is 9.13 Å². The van der Waals surface area contributed by atoms with E-state index in [9.17, 15) is 4.39 Å². The molecule has 20 heavy (non-hydrogen) atoms. The zero-order chi connectivity index (χ0) is 14.5. The Bertz CT molecular complexity index is 524. The maximum atomic E-state index is 12.9. The highest BCUT2D eigenvalue weighted by Gasteiger charge is 2.24. The fraction of sp³-hybridized carbons (Fsp3) is 0.294. The monoisotopic (exact) mass is 273 g/mol. The van der Waals surface area contributed by atoms with Crippen LogP contribution in [0.25, 0.3) is 0 Å². The van der Waals surface area contributed by atoms with Gasteiger partial charge in [-0.25, -0.2) is 4.39 Å². The van der Waals surface area contributed by atoms with Gasteiger partial charge >= 0.3 is 0 Å². The van der Waals surface area contributed by atoms with Gasteiger partial charge in [-0.1, -0.05) is 44.2 Å². The van der Waals surface area contributed by atoms with Gasteiger partial charge < -0.3 is 10.5 Å². The van der Waals surface area contributed by atoms with Crippen LogP contribution in [0.3, 0.4) is 0 Å². The first-order chi connectivity index (χ1) is 9.58. The van der Waals surface area contributed by atoms with Crippen LogP contribution in [0.15, 0.2) is 54.6 Å². The molecule has 0 aliphatic rings. The van der Waals surface area contributed by atoms with Crippen molar-refractivity contribution in [2.75, 3.05) is 0 Å². The zero-order valence-corrected chi connectivity index (χ0v) is 11.8. The second-order valence-corrected chi connectivity index (χ2v) is 5.22. The zero-order valence-electron chi connectivity index (χ0n) is 11.8. The molecular formula is C17H20FNO. The lowest BCUT2D eigenvalue weighted by Gasteiger charge is -2.28. The van der Waals surface area contributed by atoms with Crippen molar-refractivity contribution in [3.05, 3.63) is 66.0 Å². The summed E-state index contributed by atoms with van der Waals surface area (Å²) in [5.74, 6) is 0.609. The van der Waals surface area contributed by atoms with Gasteiger partial charge in [-0.3, -0.25) is 0 Å². The molecule has 2 nitrogen and oxygen atoms in total. The third-order valence-corrected chi connectivity index (χ3v) is 3.28. The molecule has 0 aromatic heterocycles. The van der Waals surface area contributed by atoms with Crippen molar-refractivity contribution in [3.63, 3.8) is 0 Å². The molecule has 0 radical (unpaired) electrons. The summed E-state index contributed by atoms with van der Waals surface area (Å²) in [6, 6.07) is 15.7. The van der Waals surface area contributed by atoms with E-state index in [1.54, 1.807) is 12.1 Å². The maximum Gasteiger partial charge on any atom is 0.123 e. The first kappa shape index (κ1) is 14.5. The minimum absolute atomic E-state index is 0.164. The van der Waals surface area contributed by atoms with Crippen molar-refractivity contribution in [2.45, 2.75) is 26.0 Å². The molecule has 2 aromatic carbocycles. The molecule has 2 aromatic rings.